The Labute approximate surface area is 318 Å². The topological polar surface area (TPSA) is 21.3 Å². The van der Waals surface area contributed by atoms with E-state index in [1.54, 1.807) is 0 Å². The van der Waals surface area contributed by atoms with Gasteiger partial charge >= 0.3 is 0 Å². The standard InChI is InChI=1S/C52H34N2O/c1-3-14-35(15-4-1)41-19-9-10-20-42(41)37-26-29-39(30-27-37)53(48-25-13-23-46-51-43-21-8-7-16-36(43)28-33-50(51)55-52(46)48)40-31-32-45-44-22-11-12-24-47(44)54(49(45)34-40)38-17-5-2-6-18-38/h1-34H. The number of hydrogen-bond acceptors (Lipinski definition) is 2. The molecule has 258 valence electrons. The van der Waals surface area contributed by atoms with Gasteiger partial charge in [0.2, 0.25) is 0 Å². The summed E-state index contributed by atoms with van der Waals surface area (Å²) in [4.78, 5) is 2.35. The Balaban J connectivity index is 1.15. The summed E-state index contributed by atoms with van der Waals surface area (Å²) < 4.78 is 9.23. The number of benzene rings is 9. The molecule has 11 aromatic rings. The number of rotatable bonds is 6. The van der Waals surface area contributed by atoms with Gasteiger partial charge in [-0.05, 0) is 87.6 Å². The number of anilines is 3. The molecule has 0 radical (unpaired) electrons. The average molecular weight is 703 g/mol. The third-order valence-corrected chi connectivity index (χ3v) is 11.0. The van der Waals surface area contributed by atoms with Gasteiger partial charge in [-0.1, -0.05) is 152 Å². The smallest absolute Gasteiger partial charge is 0.159 e. The van der Waals surface area contributed by atoms with Crippen molar-refractivity contribution < 1.29 is 4.42 Å². The molecule has 3 heteroatoms. The number of hydrogen-bond donors (Lipinski definition) is 0. The monoisotopic (exact) mass is 702 g/mol. The van der Waals surface area contributed by atoms with E-state index in [4.69, 9.17) is 4.42 Å². The molecule has 55 heavy (non-hydrogen) atoms. The van der Waals surface area contributed by atoms with E-state index in [9.17, 15) is 0 Å². The Morgan fingerprint density at radius 3 is 1.82 bits per heavy atom. The maximum atomic E-state index is 6.86. The number of furan rings is 1. The van der Waals surface area contributed by atoms with Gasteiger partial charge in [0.05, 0.1) is 16.7 Å². The molecule has 0 amide bonds. The first-order chi connectivity index (χ1) is 27.3. The number of aromatic nitrogens is 1. The first kappa shape index (κ1) is 31.2. The molecule has 0 N–H and O–H groups in total. The Hall–Kier alpha value is -7.36. The molecule has 9 aromatic carbocycles. The quantitative estimate of drug-likeness (QED) is 0.172. The van der Waals surface area contributed by atoms with E-state index in [1.165, 1.54) is 43.8 Å². The summed E-state index contributed by atoms with van der Waals surface area (Å²) in [5, 5.41) is 7.07. The normalized spacial score (nSPS) is 11.6. The Morgan fingerprint density at radius 2 is 1.02 bits per heavy atom. The van der Waals surface area contributed by atoms with Crippen molar-refractivity contribution in [2.24, 2.45) is 0 Å². The van der Waals surface area contributed by atoms with Gasteiger partial charge in [0.15, 0.2) is 5.58 Å². The van der Waals surface area contributed by atoms with Crippen LogP contribution in [0.15, 0.2) is 211 Å². The minimum absolute atomic E-state index is 0.857. The lowest BCUT2D eigenvalue weighted by Crippen LogP contribution is -2.10. The number of nitrogens with zero attached hydrogens (tertiary/aromatic N) is 2. The van der Waals surface area contributed by atoms with Gasteiger partial charge in [0, 0.05) is 38.6 Å². The van der Waals surface area contributed by atoms with Gasteiger partial charge in [0.25, 0.3) is 0 Å². The molecule has 11 rings (SSSR count). The highest BCUT2D eigenvalue weighted by molar-refractivity contribution is 6.21. The molecule has 3 nitrogen and oxygen atoms in total. The summed E-state index contributed by atoms with van der Waals surface area (Å²) in [5.41, 5.74) is 13.0. The molecule has 0 aliphatic carbocycles. The van der Waals surface area contributed by atoms with Crippen LogP contribution in [0, 0.1) is 0 Å². The van der Waals surface area contributed by atoms with Crippen LogP contribution in [0.2, 0.25) is 0 Å². The maximum absolute atomic E-state index is 6.86. The van der Waals surface area contributed by atoms with E-state index < -0.39 is 0 Å². The van der Waals surface area contributed by atoms with Crippen LogP contribution in [0.4, 0.5) is 17.1 Å². The highest BCUT2D eigenvalue weighted by atomic mass is 16.3. The lowest BCUT2D eigenvalue weighted by Gasteiger charge is -2.26. The maximum Gasteiger partial charge on any atom is 0.159 e. The number of para-hydroxylation sites is 3. The average Bonchev–Trinajstić information content (AvgIpc) is 3.81. The molecule has 2 aromatic heterocycles. The van der Waals surface area contributed by atoms with Crippen LogP contribution in [0.1, 0.15) is 0 Å². The predicted molar refractivity (Wildman–Crippen MR) is 231 cm³/mol. The van der Waals surface area contributed by atoms with Crippen molar-refractivity contribution >= 4 is 71.6 Å². The summed E-state index contributed by atoms with van der Waals surface area (Å²) >= 11 is 0. The molecular weight excluding hydrogens is 669 g/mol. The second-order valence-electron chi connectivity index (χ2n) is 14.1. The Bertz CT molecular complexity index is 3190. The number of fused-ring (bicyclic) bond motifs is 8. The minimum Gasteiger partial charge on any atom is -0.454 e. The molecule has 0 fully saturated rings. The lowest BCUT2D eigenvalue weighted by molar-refractivity contribution is 0.669. The predicted octanol–water partition coefficient (Wildman–Crippen LogP) is 14.6. The van der Waals surface area contributed by atoms with Crippen molar-refractivity contribution in [2.75, 3.05) is 4.90 Å². The van der Waals surface area contributed by atoms with E-state index >= 15 is 0 Å². The molecule has 0 spiro atoms. The zero-order valence-corrected chi connectivity index (χ0v) is 29.9. The van der Waals surface area contributed by atoms with Crippen molar-refractivity contribution in [3.8, 4) is 27.9 Å². The fourth-order valence-electron chi connectivity index (χ4n) is 8.50. The first-order valence-corrected chi connectivity index (χ1v) is 18.8. The molecule has 0 aliphatic heterocycles. The van der Waals surface area contributed by atoms with Gasteiger partial charge in [-0.2, -0.15) is 0 Å². The van der Waals surface area contributed by atoms with Gasteiger partial charge in [-0.15, -0.1) is 0 Å². The van der Waals surface area contributed by atoms with E-state index in [0.717, 1.165) is 55.8 Å². The molecule has 2 heterocycles. The molecule has 0 bridgehead atoms. The highest BCUT2D eigenvalue weighted by Crippen LogP contribution is 2.45. The summed E-state index contributed by atoms with van der Waals surface area (Å²) in [7, 11) is 0. The Morgan fingerprint density at radius 1 is 0.400 bits per heavy atom. The highest BCUT2D eigenvalue weighted by Gasteiger charge is 2.22. The van der Waals surface area contributed by atoms with E-state index in [-0.39, 0.29) is 0 Å². The molecule has 0 saturated heterocycles. The molecule has 0 saturated carbocycles. The molecular formula is C52H34N2O. The lowest BCUT2D eigenvalue weighted by atomic mass is 9.94. The fraction of sp³-hybridized carbons (Fsp3) is 0. The van der Waals surface area contributed by atoms with Crippen molar-refractivity contribution in [3.63, 3.8) is 0 Å². The zero-order chi connectivity index (χ0) is 36.3. The first-order valence-electron chi connectivity index (χ1n) is 18.8. The van der Waals surface area contributed by atoms with Crippen molar-refractivity contribution in [1.29, 1.82) is 0 Å². The van der Waals surface area contributed by atoms with Crippen LogP contribution in [-0.4, -0.2) is 4.57 Å². The van der Waals surface area contributed by atoms with Crippen LogP contribution >= 0.6 is 0 Å². The largest absolute Gasteiger partial charge is 0.454 e. The van der Waals surface area contributed by atoms with Gasteiger partial charge in [0.1, 0.15) is 5.58 Å². The minimum atomic E-state index is 0.857. The molecule has 0 atom stereocenters. The van der Waals surface area contributed by atoms with Crippen molar-refractivity contribution in [3.05, 3.63) is 206 Å². The van der Waals surface area contributed by atoms with Gasteiger partial charge in [-0.25, -0.2) is 0 Å². The van der Waals surface area contributed by atoms with E-state index in [1.807, 2.05) is 0 Å². The van der Waals surface area contributed by atoms with Crippen LogP contribution in [0.3, 0.4) is 0 Å². The second kappa shape index (κ2) is 12.6. The van der Waals surface area contributed by atoms with Crippen LogP contribution in [0.25, 0.3) is 82.5 Å². The van der Waals surface area contributed by atoms with Gasteiger partial charge in [-0.3, -0.25) is 0 Å². The third-order valence-electron chi connectivity index (χ3n) is 11.0. The van der Waals surface area contributed by atoms with E-state index in [0.29, 0.717) is 0 Å². The van der Waals surface area contributed by atoms with Gasteiger partial charge < -0.3 is 13.9 Å². The molecule has 0 aliphatic rings. The summed E-state index contributed by atoms with van der Waals surface area (Å²) in [6.45, 7) is 0. The zero-order valence-electron chi connectivity index (χ0n) is 29.9. The SMILES string of the molecule is c1ccc(-c2ccccc2-c2ccc(N(c3ccc4c5ccccc5n(-c5ccccc5)c4c3)c3cccc4c3oc3ccc5ccccc5c34)cc2)cc1. The summed E-state index contributed by atoms with van der Waals surface area (Å²) in [6.07, 6.45) is 0. The molecule has 0 unspecified atom stereocenters. The summed E-state index contributed by atoms with van der Waals surface area (Å²) in [6, 6.07) is 73.8. The summed E-state index contributed by atoms with van der Waals surface area (Å²) in [5.74, 6) is 0. The van der Waals surface area contributed by atoms with Crippen LogP contribution < -0.4 is 4.90 Å². The Kier molecular flexibility index (Phi) is 7.17. The second-order valence-corrected chi connectivity index (χ2v) is 14.1. The fourth-order valence-corrected chi connectivity index (χ4v) is 8.50. The van der Waals surface area contributed by atoms with Crippen molar-refractivity contribution in [2.45, 2.75) is 0 Å². The van der Waals surface area contributed by atoms with Crippen molar-refractivity contribution in [1.82, 2.24) is 4.57 Å². The van der Waals surface area contributed by atoms with Crippen LogP contribution in [-0.2, 0) is 0 Å². The van der Waals surface area contributed by atoms with Crippen LogP contribution in [0.5, 0.6) is 0 Å². The third kappa shape index (κ3) is 5.05. The van der Waals surface area contributed by atoms with E-state index in [2.05, 4.69) is 216 Å².